The van der Waals surface area contributed by atoms with Crippen LogP contribution >= 0.6 is 11.3 Å². The molecule has 3 atom stereocenters. The van der Waals surface area contributed by atoms with Crippen LogP contribution in [0.4, 0.5) is 26.3 Å². The van der Waals surface area contributed by atoms with Gasteiger partial charge >= 0.3 is 24.3 Å². The third-order valence-electron chi connectivity index (χ3n) is 5.52. The molecule has 2 aromatic heterocycles. The Balaban J connectivity index is 0.000000301. The maximum atomic E-state index is 10.6. The van der Waals surface area contributed by atoms with Gasteiger partial charge in [0.1, 0.15) is 0 Å². The molecule has 8 nitrogen and oxygen atoms in total. The van der Waals surface area contributed by atoms with E-state index in [2.05, 4.69) is 26.7 Å². The smallest absolute Gasteiger partial charge is 0.475 e. The first-order valence-corrected chi connectivity index (χ1v) is 12.2. The fraction of sp³-hybridized carbons (Fsp3) is 0.522. The number of hydrogen-bond donors (Lipinski definition) is 2. The molecule has 0 bridgehead atoms. The standard InChI is InChI=1S/C19H24N2O2S.2C2HF3O2/c1-2-18-19(5-9-21(18)11-16-6-10-24-14-16)23-17(1)13-22-12-15-3-7-20-8-4-15;2*3-2(4,5)1(6)7/h3-4,6-8,10,14,17-19H,1-2,5,9,11-13H2;2*(H,6,7)/t17-,18-,19-;;/m0../s1. The molecule has 0 amide bonds. The van der Waals surface area contributed by atoms with Gasteiger partial charge in [-0.1, -0.05) is 0 Å². The lowest BCUT2D eigenvalue weighted by molar-refractivity contribution is -0.193. The quantitative estimate of drug-likeness (QED) is 0.478. The van der Waals surface area contributed by atoms with Gasteiger partial charge in [0.05, 0.1) is 25.4 Å². The van der Waals surface area contributed by atoms with E-state index >= 15 is 0 Å². The van der Waals surface area contributed by atoms with E-state index in [-0.39, 0.29) is 6.10 Å². The van der Waals surface area contributed by atoms with Crippen molar-refractivity contribution in [3.63, 3.8) is 0 Å². The second-order valence-corrected chi connectivity index (χ2v) is 9.09. The summed E-state index contributed by atoms with van der Waals surface area (Å²) in [4.78, 5) is 24.4. The van der Waals surface area contributed by atoms with Crippen molar-refractivity contribution in [2.24, 2.45) is 0 Å². The van der Waals surface area contributed by atoms with Gasteiger partial charge in [0, 0.05) is 31.5 Å². The van der Waals surface area contributed by atoms with Gasteiger partial charge in [0.15, 0.2) is 0 Å². The Morgan fingerprint density at radius 1 is 1.00 bits per heavy atom. The molecule has 4 rings (SSSR count). The number of halogens is 6. The number of fused-ring (bicyclic) bond motifs is 1. The molecular formula is C23H26F6N2O6S. The van der Waals surface area contributed by atoms with E-state index in [0.29, 0.717) is 25.4 Å². The minimum atomic E-state index is -5.08. The van der Waals surface area contributed by atoms with Crippen molar-refractivity contribution in [3.8, 4) is 0 Å². The summed E-state index contributed by atoms with van der Waals surface area (Å²) in [6, 6.07) is 6.81. The molecule has 2 saturated heterocycles. The minimum Gasteiger partial charge on any atom is -0.475 e. The summed E-state index contributed by atoms with van der Waals surface area (Å²) in [6.45, 7) is 3.55. The normalized spacial score (nSPS) is 21.4. The summed E-state index contributed by atoms with van der Waals surface area (Å²) in [6.07, 6.45) is -2.46. The van der Waals surface area contributed by atoms with E-state index < -0.39 is 24.3 Å². The predicted molar refractivity (Wildman–Crippen MR) is 122 cm³/mol. The highest BCUT2D eigenvalue weighted by Crippen LogP contribution is 2.32. The number of thiophene rings is 1. The van der Waals surface area contributed by atoms with Gasteiger partial charge in [-0.3, -0.25) is 9.88 Å². The fourth-order valence-electron chi connectivity index (χ4n) is 3.81. The lowest BCUT2D eigenvalue weighted by atomic mass is 9.99. The first-order chi connectivity index (χ1) is 17.8. The Morgan fingerprint density at radius 3 is 2.13 bits per heavy atom. The van der Waals surface area contributed by atoms with Gasteiger partial charge in [0.2, 0.25) is 0 Å². The van der Waals surface area contributed by atoms with Crippen LogP contribution in [0.2, 0.25) is 0 Å². The highest BCUT2D eigenvalue weighted by molar-refractivity contribution is 7.07. The van der Waals surface area contributed by atoms with Crippen LogP contribution < -0.4 is 0 Å². The van der Waals surface area contributed by atoms with Crippen LogP contribution in [-0.2, 0) is 32.2 Å². The van der Waals surface area contributed by atoms with Crippen molar-refractivity contribution in [1.29, 1.82) is 0 Å². The summed E-state index contributed by atoms with van der Waals surface area (Å²) in [7, 11) is 0. The highest BCUT2D eigenvalue weighted by atomic mass is 32.1. The van der Waals surface area contributed by atoms with E-state index in [9.17, 15) is 26.3 Å². The number of rotatable bonds is 6. The van der Waals surface area contributed by atoms with Crippen LogP contribution in [0.5, 0.6) is 0 Å². The maximum absolute atomic E-state index is 10.6. The lowest BCUT2D eigenvalue weighted by Gasteiger charge is -2.36. The summed E-state index contributed by atoms with van der Waals surface area (Å²) in [5, 5.41) is 18.7. The molecular weight excluding hydrogens is 546 g/mol. The molecule has 38 heavy (non-hydrogen) atoms. The number of carboxylic acid groups (broad SMARTS) is 2. The molecule has 0 saturated carbocycles. The summed E-state index contributed by atoms with van der Waals surface area (Å²) in [5.74, 6) is -5.51. The topological polar surface area (TPSA) is 109 Å². The summed E-state index contributed by atoms with van der Waals surface area (Å²) in [5.41, 5.74) is 2.60. The number of likely N-dealkylation sites (tertiary alicyclic amines) is 1. The van der Waals surface area contributed by atoms with Gasteiger partial charge in [-0.2, -0.15) is 37.7 Å². The van der Waals surface area contributed by atoms with Gasteiger partial charge in [-0.15, -0.1) is 0 Å². The number of carboxylic acids is 2. The van der Waals surface area contributed by atoms with Crippen LogP contribution in [-0.4, -0.2) is 75.8 Å². The third kappa shape index (κ3) is 10.9. The number of aliphatic carboxylic acids is 2. The van der Waals surface area contributed by atoms with Crippen LogP contribution in [0.15, 0.2) is 41.4 Å². The van der Waals surface area contributed by atoms with Gasteiger partial charge in [0.25, 0.3) is 0 Å². The Kier molecular flexibility index (Phi) is 11.9. The number of ether oxygens (including phenoxy) is 2. The van der Waals surface area contributed by atoms with Gasteiger partial charge < -0.3 is 19.7 Å². The molecule has 0 aliphatic carbocycles. The first kappa shape index (κ1) is 31.5. The molecule has 2 aliphatic rings. The molecule has 2 aliphatic heterocycles. The van der Waals surface area contributed by atoms with Crippen LogP contribution in [0.1, 0.15) is 30.4 Å². The molecule has 0 radical (unpaired) electrons. The molecule has 212 valence electrons. The van der Waals surface area contributed by atoms with Gasteiger partial charge in [-0.05, 0) is 59.3 Å². The molecule has 0 aromatic carbocycles. The minimum absolute atomic E-state index is 0.245. The van der Waals surface area contributed by atoms with E-state index in [1.807, 2.05) is 12.1 Å². The summed E-state index contributed by atoms with van der Waals surface area (Å²) < 4.78 is 75.6. The number of pyridine rings is 1. The van der Waals surface area contributed by atoms with E-state index in [4.69, 9.17) is 29.3 Å². The van der Waals surface area contributed by atoms with Crippen molar-refractivity contribution in [2.75, 3.05) is 13.2 Å². The molecule has 2 N–H and O–H groups in total. The Labute approximate surface area is 217 Å². The van der Waals surface area contributed by atoms with Crippen molar-refractivity contribution < 1.29 is 55.6 Å². The van der Waals surface area contributed by atoms with Gasteiger partial charge in [-0.25, -0.2) is 9.59 Å². The SMILES string of the molecule is O=C(O)C(F)(F)F.O=C(O)C(F)(F)F.c1cc(COC[C@@H]2CC[C@H]3[C@H](CCN3Cc3ccsc3)O2)ccn1. The summed E-state index contributed by atoms with van der Waals surface area (Å²) >= 11 is 1.78. The average Bonchev–Trinajstić information content (AvgIpc) is 3.50. The van der Waals surface area contributed by atoms with Crippen LogP contribution in [0, 0.1) is 0 Å². The first-order valence-electron chi connectivity index (χ1n) is 11.2. The van der Waals surface area contributed by atoms with Crippen molar-refractivity contribution in [3.05, 3.63) is 52.5 Å². The lowest BCUT2D eigenvalue weighted by Crippen LogP contribution is -2.43. The number of alkyl halides is 6. The maximum Gasteiger partial charge on any atom is 0.490 e. The Bertz CT molecular complexity index is 967. The zero-order valence-electron chi connectivity index (χ0n) is 19.8. The molecule has 4 heterocycles. The largest absolute Gasteiger partial charge is 0.490 e. The van der Waals surface area contributed by atoms with Crippen LogP contribution in [0.3, 0.4) is 0 Å². The number of aromatic nitrogens is 1. The van der Waals surface area contributed by atoms with E-state index in [1.165, 1.54) is 17.5 Å². The second-order valence-electron chi connectivity index (χ2n) is 8.31. The molecule has 2 fully saturated rings. The van der Waals surface area contributed by atoms with E-state index in [1.54, 1.807) is 23.7 Å². The van der Waals surface area contributed by atoms with Crippen molar-refractivity contribution in [2.45, 2.75) is 63.0 Å². The molecule has 15 heteroatoms. The zero-order chi connectivity index (χ0) is 28.3. The van der Waals surface area contributed by atoms with Crippen molar-refractivity contribution >= 4 is 23.3 Å². The molecule has 0 spiro atoms. The Morgan fingerprint density at radius 2 is 1.61 bits per heavy atom. The Hall–Kier alpha value is -2.75. The molecule has 0 unspecified atom stereocenters. The second kappa shape index (κ2) is 14.4. The number of nitrogens with zero attached hydrogens (tertiary/aromatic N) is 2. The number of carbonyl (C=O) groups is 2. The highest BCUT2D eigenvalue weighted by Gasteiger charge is 2.40. The monoisotopic (exact) mass is 572 g/mol. The third-order valence-corrected chi connectivity index (χ3v) is 6.26. The van der Waals surface area contributed by atoms with E-state index in [0.717, 1.165) is 25.9 Å². The van der Waals surface area contributed by atoms with Crippen LogP contribution in [0.25, 0.3) is 0 Å². The fourth-order valence-corrected chi connectivity index (χ4v) is 4.47. The number of hydrogen-bond acceptors (Lipinski definition) is 7. The van der Waals surface area contributed by atoms with Crippen molar-refractivity contribution in [1.82, 2.24) is 9.88 Å². The zero-order valence-corrected chi connectivity index (χ0v) is 20.6. The molecule has 2 aromatic rings. The average molecular weight is 573 g/mol. The predicted octanol–water partition coefficient (Wildman–Crippen LogP) is 4.75.